The SMILES string of the molecule is O=S(=O)(N[C@@H](CO)c1ccccc1)c1c(F)c(F)c(F)c(F)c1F. The summed E-state index contributed by atoms with van der Waals surface area (Å²) in [5.41, 5.74) is 0.229. The van der Waals surface area contributed by atoms with Crippen molar-refractivity contribution in [3.05, 3.63) is 65.0 Å². The molecule has 2 N–H and O–H groups in total. The van der Waals surface area contributed by atoms with Crippen molar-refractivity contribution in [1.29, 1.82) is 0 Å². The largest absolute Gasteiger partial charge is 0.394 e. The van der Waals surface area contributed by atoms with Gasteiger partial charge < -0.3 is 5.11 Å². The third kappa shape index (κ3) is 3.25. The fourth-order valence-corrected chi connectivity index (χ4v) is 3.32. The van der Waals surface area contributed by atoms with Gasteiger partial charge in [0.15, 0.2) is 28.2 Å². The second kappa shape index (κ2) is 6.83. The van der Waals surface area contributed by atoms with Crippen molar-refractivity contribution in [2.75, 3.05) is 6.61 Å². The van der Waals surface area contributed by atoms with Crippen molar-refractivity contribution >= 4 is 10.0 Å². The van der Waals surface area contributed by atoms with Crippen molar-refractivity contribution in [2.45, 2.75) is 10.9 Å². The molecule has 0 saturated heterocycles. The minimum atomic E-state index is -5.15. The van der Waals surface area contributed by atoms with Gasteiger partial charge in [-0.05, 0) is 5.56 Å². The van der Waals surface area contributed by atoms with Crippen LogP contribution in [0.4, 0.5) is 22.0 Å². The monoisotopic (exact) mass is 367 g/mol. The van der Waals surface area contributed by atoms with Gasteiger partial charge in [0.25, 0.3) is 0 Å². The summed E-state index contributed by atoms with van der Waals surface area (Å²) in [5, 5.41) is 9.26. The third-order valence-electron chi connectivity index (χ3n) is 3.12. The molecule has 0 aromatic heterocycles. The molecule has 0 aliphatic rings. The van der Waals surface area contributed by atoms with Gasteiger partial charge in [-0.2, -0.15) is 0 Å². The lowest BCUT2D eigenvalue weighted by atomic mass is 10.1. The molecule has 1 atom stereocenters. The van der Waals surface area contributed by atoms with Crippen LogP contribution < -0.4 is 4.72 Å². The Kier molecular flexibility index (Phi) is 5.21. The summed E-state index contributed by atoms with van der Waals surface area (Å²) in [6.07, 6.45) is 0. The molecule has 2 rings (SSSR count). The Morgan fingerprint density at radius 3 is 1.79 bits per heavy atom. The van der Waals surface area contributed by atoms with Gasteiger partial charge in [-0.3, -0.25) is 0 Å². The average Bonchev–Trinajstić information content (AvgIpc) is 2.57. The topological polar surface area (TPSA) is 66.4 Å². The van der Waals surface area contributed by atoms with E-state index in [9.17, 15) is 35.5 Å². The minimum absolute atomic E-state index is 0.229. The van der Waals surface area contributed by atoms with Gasteiger partial charge in [-0.15, -0.1) is 0 Å². The van der Waals surface area contributed by atoms with E-state index >= 15 is 0 Å². The highest BCUT2D eigenvalue weighted by Crippen LogP contribution is 2.27. The molecule has 2 aromatic carbocycles. The first-order valence-electron chi connectivity index (χ1n) is 6.40. The number of nitrogens with one attached hydrogen (secondary N) is 1. The van der Waals surface area contributed by atoms with Crippen LogP contribution in [0, 0.1) is 29.1 Å². The molecule has 4 nitrogen and oxygen atoms in total. The highest BCUT2D eigenvalue weighted by molar-refractivity contribution is 7.89. The summed E-state index contributed by atoms with van der Waals surface area (Å²) in [7, 11) is -5.15. The van der Waals surface area contributed by atoms with Crippen molar-refractivity contribution in [2.24, 2.45) is 0 Å². The zero-order valence-corrected chi connectivity index (χ0v) is 12.5. The van der Waals surface area contributed by atoms with E-state index in [4.69, 9.17) is 0 Å². The molecule has 2 aromatic rings. The summed E-state index contributed by atoms with van der Waals surface area (Å²) < 4.78 is 92.5. The summed E-state index contributed by atoms with van der Waals surface area (Å²) in [4.78, 5) is -2.01. The third-order valence-corrected chi connectivity index (χ3v) is 4.61. The van der Waals surface area contributed by atoms with Crippen LogP contribution in [0.5, 0.6) is 0 Å². The van der Waals surface area contributed by atoms with Gasteiger partial charge >= 0.3 is 0 Å². The van der Waals surface area contributed by atoms with Gasteiger partial charge in [0.2, 0.25) is 15.8 Å². The summed E-state index contributed by atoms with van der Waals surface area (Å²) in [6, 6.07) is 6.07. The zero-order valence-electron chi connectivity index (χ0n) is 11.7. The van der Waals surface area contributed by atoms with Crippen molar-refractivity contribution in [1.82, 2.24) is 4.72 Å². The van der Waals surface area contributed by atoms with Crippen molar-refractivity contribution < 1.29 is 35.5 Å². The quantitative estimate of drug-likeness (QED) is 0.485. The Morgan fingerprint density at radius 2 is 1.33 bits per heavy atom. The van der Waals surface area contributed by atoms with Crippen LogP contribution in [0.25, 0.3) is 0 Å². The Hall–Kier alpha value is -2.04. The van der Waals surface area contributed by atoms with Gasteiger partial charge in [0.1, 0.15) is 0 Å². The Bertz CT molecular complexity index is 829. The second-order valence-corrected chi connectivity index (χ2v) is 6.32. The summed E-state index contributed by atoms with van der Waals surface area (Å²) in [5.74, 6) is -12.2. The van der Waals surface area contributed by atoms with E-state index in [0.717, 1.165) is 0 Å². The van der Waals surface area contributed by atoms with Crippen LogP contribution in [-0.2, 0) is 10.0 Å². The second-order valence-electron chi connectivity index (χ2n) is 4.67. The molecular weight excluding hydrogens is 357 g/mol. The average molecular weight is 367 g/mol. The van der Waals surface area contributed by atoms with E-state index in [0.29, 0.717) is 0 Å². The molecule has 0 saturated carbocycles. The molecule has 0 amide bonds. The van der Waals surface area contributed by atoms with E-state index in [1.54, 1.807) is 10.8 Å². The molecule has 10 heteroatoms. The number of hydrogen-bond donors (Lipinski definition) is 2. The number of sulfonamides is 1. The zero-order chi connectivity index (χ0) is 18.1. The first-order valence-corrected chi connectivity index (χ1v) is 7.88. The van der Waals surface area contributed by atoms with Gasteiger partial charge in [0.05, 0.1) is 12.6 Å². The standard InChI is InChI=1S/C14H10F5NO3S/c15-9-10(16)12(18)14(13(19)11(9)17)24(22,23)20-8(6-21)7-4-2-1-3-5-7/h1-5,8,20-21H,6H2/t8-/m0/s1. The molecule has 130 valence electrons. The molecule has 0 heterocycles. The number of benzene rings is 2. The Balaban J connectivity index is 2.52. The first-order chi connectivity index (χ1) is 11.2. The Labute approximate surface area is 133 Å². The molecule has 0 aliphatic carbocycles. The van der Waals surface area contributed by atoms with Crippen LogP contribution in [0.3, 0.4) is 0 Å². The van der Waals surface area contributed by atoms with Crippen LogP contribution in [0.2, 0.25) is 0 Å². The molecule has 0 aliphatic heterocycles. The predicted molar refractivity (Wildman–Crippen MR) is 72.8 cm³/mol. The van der Waals surface area contributed by atoms with Crippen LogP contribution >= 0.6 is 0 Å². The first kappa shape index (κ1) is 18.3. The number of aliphatic hydroxyl groups is 1. The Morgan fingerprint density at radius 1 is 0.875 bits per heavy atom. The lowest BCUT2D eigenvalue weighted by molar-refractivity contribution is 0.258. The number of aliphatic hydroxyl groups excluding tert-OH is 1. The normalized spacial score (nSPS) is 13.1. The maximum atomic E-state index is 13.7. The highest BCUT2D eigenvalue weighted by atomic mass is 32.2. The molecule has 0 spiro atoms. The number of halogens is 5. The van der Waals surface area contributed by atoms with Crippen LogP contribution in [-0.4, -0.2) is 20.1 Å². The summed E-state index contributed by atoms with van der Waals surface area (Å²) in [6.45, 7) is -0.807. The fourth-order valence-electron chi connectivity index (χ4n) is 1.96. The molecule has 0 fully saturated rings. The van der Waals surface area contributed by atoms with E-state index in [2.05, 4.69) is 0 Å². The maximum Gasteiger partial charge on any atom is 0.247 e. The summed E-state index contributed by atoms with van der Waals surface area (Å²) >= 11 is 0. The van der Waals surface area contributed by atoms with Gasteiger partial charge in [0, 0.05) is 0 Å². The lowest BCUT2D eigenvalue weighted by Crippen LogP contribution is -2.32. The lowest BCUT2D eigenvalue weighted by Gasteiger charge is -2.17. The number of hydrogen-bond acceptors (Lipinski definition) is 3. The van der Waals surface area contributed by atoms with Crippen molar-refractivity contribution in [3.8, 4) is 0 Å². The molecule has 0 radical (unpaired) electrons. The van der Waals surface area contributed by atoms with E-state index in [1.807, 2.05) is 0 Å². The van der Waals surface area contributed by atoms with E-state index in [-0.39, 0.29) is 5.56 Å². The van der Waals surface area contributed by atoms with Crippen LogP contribution in [0.15, 0.2) is 35.2 Å². The van der Waals surface area contributed by atoms with Crippen LogP contribution in [0.1, 0.15) is 11.6 Å². The predicted octanol–water partition coefficient (Wildman–Crippen LogP) is 2.39. The smallest absolute Gasteiger partial charge is 0.247 e. The van der Waals surface area contributed by atoms with Gasteiger partial charge in [-0.1, -0.05) is 30.3 Å². The fraction of sp³-hybridized carbons (Fsp3) is 0.143. The number of rotatable bonds is 5. The maximum absolute atomic E-state index is 13.7. The van der Waals surface area contributed by atoms with E-state index in [1.165, 1.54) is 24.3 Å². The van der Waals surface area contributed by atoms with E-state index < -0.39 is 56.7 Å². The van der Waals surface area contributed by atoms with Gasteiger partial charge in [-0.25, -0.2) is 35.1 Å². The molecule has 24 heavy (non-hydrogen) atoms. The molecule has 0 unspecified atom stereocenters. The molecular formula is C14H10F5NO3S. The molecule has 0 bridgehead atoms. The highest BCUT2D eigenvalue weighted by Gasteiger charge is 2.34. The van der Waals surface area contributed by atoms with Crippen molar-refractivity contribution in [3.63, 3.8) is 0 Å². The minimum Gasteiger partial charge on any atom is -0.394 e.